The van der Waals surface area contributed by atoms with Crippen LogP contribution in [0, 0.1) is 11.2 Å². The molecule has 8 heteroatoms. The van der Waals surface area contributed by atoms with Crippen molar-refractivity contribution in [3.05, 3.63) is 52.3 Å². The lowest BCUT2D eigenvalue weighted by atomic mass is 9.78. The number of halogens is 1. The molecule has 4 rings (SSSR count). The molecular formula is C20H22FN3O4. The normalized spacial score (nSPS) is 17.1. The monoisotopic (exact) mass is 387 g/mol. The van der Waals surface area contributed by atoms with Gasteiger partial charge in [0.05, 0.1) is 37.4 Å². The molecule has 1 spiro atoms. The van der Waals surface area contributed by atoms with E-state index in [1.54, 1.807) is 25.3 Å². The number of hydrogen-bond donors (Lipinski definition) is 0. The quantitative estimate of drug-likeness (QED) is 0.703. The van der Waals surface area contributed by atoms with E-state index in [-0.39, 0.29) is 29.2 Å². The minimum atomic E-state index is -0.372. The Morgan fingerprint density at radius 2 is 2.00 bits per heavy atom. The summed E-state index contributed by atoms with van der Waals surface area (Å²) >= 11 is 0. The van der Waals surface area contributed by atoms with Gasteiger partial charge in [-0.3, -0.25) is 14.2 Å². The van der Waals surface area contributed by atoms with Gasteiger partial charge in [0.2, 0.25) is 0 Å². The zero-order valence-corrected chi connectivity index (χ0v) is 15.7. The Hall–Kier alpha value is -2.74. The standard InChI is InChI=1S/C20H22FN3O4/c1-2-28-17(25)8-5-15-9-24(16-6-3-14(21)4-7-16)19(26)18(22-15)23-10-20(11-23)12-27-13-20/h3-4,6-7,9H,2,5,8,10-13H2,1H3. The average molecular weight is 387 g/mol. The van der Waals surface area contributed by atoms with E-state index < -0.39 is 0 Å². The molecule has 2 saturated heterocycles. The first kappa shape index (κ1) is 18.6. The van der Waals surface area contributed by atoms with E-state index in [2.05, 4.69) is 4.98 Å². The fourth-order valence-corrected chi connectivity index (χ4v) is 3.60. The first-order valence-corrected chi connectivity index (χ1v) is 9.36. The Kier molecular flexibility index (Phi) is 4.89. The van der Waals surface area contributed by atoms with E-state index >= 15 is 0 Å². The van der Waals surface area contributed by atoms with E-state index in [0.29, 0.717) is 43.4 Å². The molecule has 1 aromatic carbocycles. The third-order valence-electron chi connectivity index (χ3n) is 5.10. The van der Waals surface area contributed by atoms with Gasteiger partial charge in [-0.1, -0.05) is 0 Å². The Balaban J connectivity index is 1.65. The molecule has 2 aliphatic heterocycles. The van der Waals surface area contributed by atoms with Crippen LogP contribution in [0.3, 0.4) is 0 Å². The van der Waals surface area contributed by atoms with Crippen LogP contribution >= 0.6 is 0 Å². The lowest BCUT2D eigenvalue weighted by molar-refractivity contribution is -0.143. The summed E-state index contributed by atoms with van der Waals surface area (Å²) in [5.74, 6) is -0.327. The zero-order valence-electron chi connectivity index (χ0n) is 15.7. The molecule has 0 unspecified atom stereocenters. The Bertz CT molecular complexity index is 929. The van der Waals surface area contributed by atoms with Crippen molar-refractivity contribution in [3.63, 3.8) is 0 Å². The number of anilines is 1. The van der Waals surface area contributed by atoms with Crippen LogP contribution in [0.15, 0.2) is 35.3 Å². The SMILES string of the molecule is CCOC(=O)CCc1cn(-c2ccc(F)cc2)c(=O)c(N2CC3(COC3)C2)n1. The Morgan fingerprint density at radius 3 is 2.61 bits per heavy atom. The van der Waals surface area contributed by atoms with Crippen molar-refractivity contribution < 1.29 is 18.7 Å². The lowest BCUT2D eigenvalue weighted by Crippen LogP contribution is -2.67. The van der Waals surface area contributed by atoms with Crippen LogP contribution in [0.4, 0.5) is 10.2 Å². The number of ether oxygens (including phenoxy) is 2. The predicted octanol–water partition coefficient (Wildman–Crippen LogP) is 1.70. The molecule has 0 bridgehead atoms. The highest BCUT2D eigenvalue weighted by Gasteiger charge is 2.50. The van der Waals surface area contributed by atoms with Crippen LogP contribution in [-0.2, 0) is 20.7 Å². The summed E-state index contributed by atoms with van der Waals surface area (Å²) in [5.41, 5.74) is 1.03. The largest absolute Gasteiger partial charge is 0.466 e. The lowest BCUT2D eigenvalue weighted by Gasteiger charge is -2.55. The number of benzene rings is 1. The number of nitrogens with zero attached hydrogens (tertiary/aromatic N) is 3. The highest BCUT2D eigenvalue weighted by Crippen LogP contribution is 2.38. The van der Waals surface area contributed by atoms with Crippen molar-refractivity contribution in [3.8, 4) is 5.69 Å². The summed E-state index contributed by atoms with van der Waals surface area (Å²) < 4.78 is 25.0. The van der Waals surface area contributed by atoms with Crippen molar-refractivity contribution in [1.82, 2.24) is 9.55 Å². The van der Waals surface area contributed by atoms with Crippen molar-refractivity contribution in [2.45, 2.75) is 19.8 Å². The van der Waals surface area contributed by atoms with Gasteiger partial charge >= 0.3 is 5.97 Å². The number of aromatic nitrogens is 2. The number of esters is 1. The van der Waals surface area contributed by atoms with E-state index in [1.165, 1.54) is 16.7 Å². The molecule has 0 N–H and O–H groups in total. The van der Waals surface area contributed by atoms with Gasteiger partial charge in [0.25, 0.3) is 5.56 Å². The molecule has 2 aliphatic rings. The topological polar surface area (TPSA) is 73.7 Å². The molecule has 0 aliphatic carbocycles. The second kappa shape index (κ2) is 7.35. The van der Waals surface area contributed by atoms with Crippen molar-refractivity contribution in [1.29, 1.82) is 0 Å². The van der Waals surface area contributed by atoms with Crippen molar-refractivity contribution in [2.24, 2.45) is 5.41 Å². The van der Waals surface area contributed by atoms with E-state index in [4.69, 9.17) is 9.47 Å². The van der Waals surface area contributed by atoms with Crippen LogP contribution in [0.5, 0.6) is 0 Å². The maximum Gasteiger partial charge on any atom is 0.306 e. The summed E-state index contributed by atoms with van der Waals surface area (Å²) in [6.07, 6.45) is 2.15. The van der Waals surface area contributed by atoms with Crippen molar-refractivity contribution >= 4 is 11.8 Å². The molecule has 2 aromatic rings. The van der Waals surface area contributed by atoms with E-state index in [9.17, 15) is 14.0 Å². The molecule has 0 saturated carbocycles. The summed E-state index contributed by atoms with van der Waals surface area (Å²) in [4.78, 5) is 31.2. The summed E-state index contributed by atoms with van der Waals surface area (Å²) in [5, 5.41) is 0. The van der Waals surface area contributed by atoms with Gasteiger partial charge in [0, 0.05) is 31.4 Å². The highest BCUT2D eigenvalue weighted by molar-refractivity contribution is 5.69. The minimum Gasteiger partial charge on any atom is -0.466 e. The summed E-state index contributed by atoms with van der Waals surface area (Å²) in [6.45, 7) is 4.94. The number of carbonyl (C=O) groups excluding carboxylic acids is 1. The molecule has 148 valence electrons. The Labute approximate surface area is 161 Å². The highest BCUT2D eigenvalue weighted by atomic mass is 19.1. The van der Waals surface area contributed by atoms with Crippen LogP contribution in [-0.4, -0.2) is 48.4 Å². The van der Waals surface area contributed by atoms with Gasteiger partial charge in [-0.05, 0) is 31.2 Å². The molecule has 28 heavy (non-hydrogen) atoms. The van der Waals surface area contributed by atoms with E-state index in [0.717, 1.165) is 13.1 Å². The van der Waals surface area contributed by atoms with Crippen LogP contribution in [0.2, 0.25) is 0 Å². The van der Waals surface area contributed by atoms with Crippen LogP contribution < -0.4 is 10.5 Å². The second-order valence-electron chi connectivity index (χ2n) is 7.36. The fourth-order valence-electron chi connectivity index (χ4n) is 3.60. The maximum absolute atomic E-state index is 13.3. The van der Waals surface area contributed by atoms with Crippen LogP contribution in [0.25, 0.3) is 5.69 Å². The zero-order chi connectivity index (χ0) is 19.7. The fraction of sp³-hybridized carbons (Fsp3) is 0.450. The summed E-state index contributed by atoms with van der Waals surface area (Å²) in [7, 11) is 0. The van der Waals surface area contributed by atoms with Gasteiger partial charge in [0.15, 0.2) is 5.82 Å². The Morgan fingerprint density at radius 1 is 1.29 bits per heavy atom. The van der Waals surface area contributed by atoms with Crippen LogP contribution in [0.1, 0.15) is 19.0 Å². The van der Waals surface area contributed by atoms with Gasteiger partial charge in [-0.25, -0.2) is 9.37 Å². The number of carbonyl (C=O) groups is 1. The smallest absolute Gasteiger partial charge is 0.306 e. The van der Waals surface area contributed by atoms with Gasteiger partial charge < -0.3 is 14.4 Å². The second-order valence-corrected chi connectivity index (χ2v) is 7.36. The number of rotatable bonds is 6. The van der Waals surface area contributed by atoms with Crippen molar-refractivity contribution in [2.75, 3.05) is 37.8 Å². The molecule has 0 radical (unpaired) electrons. The third-order valence-corrected chi connectivity index (χ3v) is 5.10. The molecule has 0 atom stereocenters. The molecule has 7 nitrogen and oxygen atoms in total. The third kappa shape index (κ3) is 3.52. The first-order valence-electron chi connectivity index (χ1n) is 9.36. The number of hydrogen-bond acceptors (Lipinski definition) is 6. The van der Waals surface area contributed by atoms with Gasteiger partial charge in [0.1, 0.15) is 5.82 Å². The average Bonchev–Trinajstić information content (AvgIpc) is 2.60. The van der Waals surface area contributed by atoms with Gasteiger partial charge in [-0.15, -0.1) is 0 Å². The minimum absolute atomic E-state index is 0.135. The predicted molar refractivity (Wildman–Crippen MR) is 100 cm³/mol. The molecule has 3 heterocycles. The number of aryl methyl sites for hydroxylation is 1. The molecular weight excluding hydrogens is 365 g/mol. The van der Waals surface area contributed by atoms with Gasteiger partial charge in [-0.2, -0.15) is 0 Å². The maximum atomic E-state index is 13.3. The molecule has 0 amide bonds. The summed E-state index contributed by atoms with van der Waals surface area (Å²) in [6, 6.07) is 5.72. The molecule has 2 fully saturated rings. The van der Waals surface area contributed by atoms with E-state index in [1.807, 2.05) is 4.90 Å². The first-order chi connectivity index (χ1) is 13.5. The molecule has 1 aromatic heterocycles.